The highest BCUT2D eigenvalue weighted by molar-refractivity contribution is 7.89. The summed E-state index contributed by atoms with van der Waals surface area (Å²) in [6.07, 6.45) is 1.41. The Morgan fingerprint density at radius 3 is 2.29 bits per heavy atom. The molecule has 2 aromatic rings. The van der Waals surface area contributed by atoms with Crippen LogP contribution in [0.1, 0.15) is 5.56 Å². The highest BCUT2D eigenvalue weighted by Crippen LogP contribution is 2.14. The van der Waals surface area contributed by atoms with Gasteiger partial charge >= 0.3 is 0 Å². The van der Waals surface area contributed by atoms with Gasteiger partial charge < -0.3 is 4.74 Å². The molecular weight excluding hydrogens is 312 g/mol. The number of halogens is 1. The Hall–Kier alpha value is -2.05. The summed E-state index contributed by atoms with van der Waals surface area (Å²) in [4.78, 5) is 2.24. The van der Waals surface area contributed by atoms with Crippen molar-refractivity contribution in [3.8, 4) is 5.75 Å². The Labute approximate surface area is 128 Å². The summed E-state index contributed by atoms with van der Waals surface area (Å²) in [7, 11) is -2.12. The van der Waals surface area contributed by atoms with E-state index in [1.54, 1.807) is 31.4 Å². The second-order valence-electron chi connectivity index (χ2n) is 4.08. The lowest BCUT2D eigenvalue weighted by Crippen LogP contribution is -2.18. The molecule has 0 radical (unpaired) electrons. The third kappa shape index (κ3) is 4.21. The van der Waals surface area contributed by atoms with E-state index >= 15 is 0 Å². The van der Waals surface area contributed by atoms with Crippen molar-refractivity contribution < 1.29 is 13.2 Å². The molecule has 0 aliphatic heterocycles. The van der Waals surface area contributed by atoms with Gasteiger partial charge in [0.05, 0.1) is 18.2 Å². The number of benzene rings is 2. The fourth-order valence-electron chi connectivity index (χ4n) is 1.53. The van der Waals surface area contributed by atoms with Gasteiger partial charge in [0, 0.05) is 5.02 Å². The topological polar surface area (TPSA) is 67.8 Å². The zero-order valence-electron chi connectivity index (χ0n) is 11.2. The smallest absolute Gasteiger partial charge is 0.276 e. The molecule has 2 rings (SSSR count). The first-order chi connectivity index (χ1) is 10.0. The molecule has 0 aliphatic carbocycles. The van der Waals surface area contributed by atoms with Gasteiger partial charge in [0.25, 0.3) is 10.0 Å². The van der Waals surface area contributed by atoms with Gasteiger partial charge in [0.15, 0.2) is 0 Å². The average molecular weight is 325 g/mol. The molecule has 0 spiro atoms. The molecule has 0 unspecified atom stereocenters. The standard InChI is InChI=1S/C14H13ClN2O3S/c1-20-13-6-2-11(3-7-13)10-16-17-21(18,19)14-8-4-12(15)5-9-14/h2-10,17H,1H3. The normalized spacial score (nSPS) is 11.5. The predicted molar refractivity (Wildman–Crippen MR) is 82.4 cm³/mol. The monoisotopic (exact) mass is 324 g/mol. The highest BCUT2D eigenvalue weighted by Gasteiger charge is 2.11. The Morgan fingerprint density at radius 1 is 1.10 bits per heavy atom. The van der Waals surface area contributed by atoms with Crippen molar-refractivity contribution in [1.82, 2.24) is 4.83 Å². The lowest BCUT2D eigenvalue weighted by molar-refractivity contribution is 0.415. The maximum absolute atomic E-state index is 11.9. The van der Waals surface area contributed by atoms with E-state index in [9.17, 15) is 8.42 Å². The molecule has 0 aliphatic rings. The number of hydrogen-bond acceptors (Lipinski definition) is 4. The Balaban J connectivity index is 2.06. The van der Waals surface area contributed by atoms with Crippen LogP contribution in [0.4, 0.5) is 0 Å². The minimum atomic E-state index is -3.69. The lowest BCUT2D eigenvalue weighted by Gasteiger charge is -2.03. The van der Waals surface area contributed by atoms with Gasteiger partial charge in [-0.2, -0.15) is 13.5 Å². The molecule has 0 saturated carbocycles. The molecule has 0 aromatic heterocycles. The highest BCUT2D eigenvalue weighted by atomic mass is 35.5. The van der Waals surface area contributed by atoms with Crippen molar-refractivity contribution in [3.05, 3.63) is 59.1 Å². The number of ether oxygens (including phenoxy) is 1. The summed E-state index contributed by atoms with van der Waals surface area (Å²) in [5.41, 5.74) is 0.745. The van der Waals surface area contributed by atoms with Crippen molar-refractivity contribution in [2.24, 2.45) is 5.10 Å². The van der Waals surface area contributed by atoms with Crippen LogP contribution in [0.2, 0.25) is 5.02 Å². The number of rotatable bonds is 5. The van der Waals surface area contributed by atoms with Crippen molar-refractivity contribution in [1.29, 1.82) is 0 Å². The van der Waals surface area contributed by atoms with Crippen LogP contribution in [0.3, 0.4) is 0 Å². The number of nitrogens with one attached hydrogen (secondary N) is 1. The molecule has 21 heavy (non-hydrogen) atoms. The average Bonchev–Trinajstić information content (AvgIpc) is 2.48. The zero-order valence-corrected chi connectivity index (χ0v) is 12.7. The lowest BCUT2D eigenvalue weighted by atomic mass is 10.2. The van der Waals surface area contributed by atoms with Gasteiger partial charge in [-0.3, -0.25) is 0 Å². The third-order valence-corrected chi connectivity index (χ3v) is 4.12. The molecule has 2 aromatic carbocycles. The van der Waals surface area contributed by atoms with E-state index < -0.39 is 10.0 Å². The maximum Gasteiger partial charge on any atom is 0.276 e. The minimum Gasteiger partial charge on any atom is -0.497 e. The van der Waals surface area contributed by atoms with Crippen LogP contribution in [-0.4, -0.2) is 21.7 Å². The molecule has 0 bridgehead atoms. The van der Waals surface area contributed by atoms with Crippen LogP contribution < -0.4 is 9.57 Å². The van der Waals surface area contributed by atoms with E-state index in [1.807, 2.05) is 0 Å². The van der Waals surface area contributed by atoms with E-state index in [4.69, 9.17) is 16.3 Å². The fraction of sp³-hybridized carbons (Fsp3) is 0.0714. The Kier molecular flexibility index (Phi) is 4.82. The molecule has 5 nitrogen and oxygen atoms in total. The first kappa shape index (κ1) is 15.3. The first-order valence-corrected chi connectivity index (χ1v) is 7.82. The summed E-state index contributed by atoms with van der Waals surface area (Å²) >= 11 is 5.72. The van der Waals surface area contributed by atoms with Crippen LogP contribution >= 0.6 is 11.6 Å². The maximum atomic E-state index is 11.9. The zero-order chi connectivity index (χ0) is 15.3. The Bertz CT molecular complexity index is 726. The number of methoxy groups -OCH3 is 1. The molecule has 0 atom stereocenters. The van der Waals surface area contributed by atoms with Crippen LogP contribution in [0.5, 0.6) is 5.75 Å². The summed E-state index contributed by atoms with van der Waals surface area (Å²) in [5, 5.41) is 4.20. The summed E-state index contributed by atoms with van der Waals surface area (Å²) in [5.74, 6) is 0.717. The van der Waals surface area contributed by atoms with Crippen molar-refractivity contribution in [3.63, 3.8) is 0 Å². The second kappa shape index (κ2) is 6.60. The van der Waals surface area contributed by atoms with Crippen LogP contribution in [0.15, 0.2) is 58.5 Å². The van der Waals surface area contributed by atoms with E-state index in [1.165, 1.54) is 30.5 Å². The third-order valence-electron chi connectivity index (χ3n) is 2.63. The van der Waals surface area contributed by atoms with Crippen LogP contribution in [0.25, 0.3) is 0 Å². The number of hydrogen-bond donors (Lipinski definition) is 1. The van der Waals surface area contributed by atoms with Crippen molar-refractivity contribution >= 4 is 27.8 Å². The predicted octanol–water partition coefficient (Wildman–Crippen LogP) is 2.66. The molecule has 0 heterocycles. The van der Waals surface area contributed by atoms with E-state index in [-0.39, 0.29) is 4.90 Å². The van der Waals surface area contributed by atoms with Crippen LogP contribution in [-0.2, 0) is 10.0 Å². The van der Waals surface area contributed by atoms with Gasteiger partial charge in [-0.1, -0.05) is 11.6 Å². The molecule has 0 amide bonds. The molecule has 110 valence electrons. The summed E-state index contributed by atoms with van der Waals surface area (Å²) in [6, 6.07) is 12.9. The van der Waals surface area contributed by atoms with E-state index in [2.05, 4.69) is 9.93 Å². The van der Waals surface area contributed by atoms with Gasteiger partial charge in [-0.15, -0.1) is 0 Å². The number of nitrogens with zero attached hydrogens (tertiary/aromatic N) is 1. The molecule has 1 N–H and O–H groups in total. The quantitative estimate of drug-likeness (QED) is 0.679. The minimum absolute atomic E-state index is 0.0961. The van der Waals surface area contributed by atoms with Gasteiger partial charge in [0.2, 0.25) is 0 Å². The van der Waals surface area contributed by atoms with Gasteiger partial charge in [-0.25, -0.2) is 4.83 Å². The molecular formula is C14H13ClN2O3S. The summed E-state index contributed by atoms with van der Waals surface area (Å²) in [6.45, 7) is 0. The molecule has 0 saturated heterocycles. The number of sulfonamides is 1. The molecule has 7 heteroatoms. The van der Waals surface area contributed by atoms with E-state index in [0.717, 1.165) is 5.56 Å². The summed E-state index contributed by atoms with van der Waals surface area (Å²) < 4.78 is 28.9. The number of hydrazone groups is 1. The van der Waals surface area contributed by atoms with Crippen molar-refractivity contribution in [2.75, 3.05) is 7.11 Å². The SMILES string of the molecule is COc1ccc(C=NNS(=O)(=O)c2ccc(Cl)cc2)cc1. The Morgan fingerprint density at radius 2 is 1.71 bits per heavy atom. The first-order valence-electron chi connectivity index (χ1n) is 5.96. The molecule has 0 fully saturated rings. The largest absolute Gasteiger partial charge is 0.497 e. The van der Waals surface area contributed by atoms with E-state index in [0.29, 0.717) is 10.8 Å². The van der Waals surface area contributed by atoms with Gasteiger partial charge in [-0.05, 0) is 54.1 Å². The fourth-order valence-corrected chi connectivity index (χ4v) is 2.44. The van der Waals surface area contributed by atoms with Gasteiger partial charge in [0.1, 0.15) is 5.75 Å². The van der Waals surface area contributed by atoms with Crippen molar-refractivity contribution in [2.45, 2.75) is 4.90 Å². The van der Waals surface area contributed by atoms with Crippen LogP contribution in [0, 0.1) is 0 Å². The second-order valence-corrected chi connectivity index (χ2v) is 6.18.